The van der Waals surface area contributed by atoms with E-state index in [4.69, 9.17) is 5.73 Å². The second kappa shape index (κ2) is 3.12. The highest BCUT2D eigenvalue weighted by Gasteiger charge is 2.35. The fourth-order valence-corrected chi connectivity index (χ4v) is 0.954. The summed E-state index contributed by atoms with van der Waals surface area (Å²) in [6.45, 7) is 0. The van der Waals surface area contributed by atoms with Crippen LogP contribution in [-0.4, -0.2) is 12.0 Å². The molecule has 1 heterocycles. The molecule has 72 valence electrons. The van der Waals surface area contributed by atoms with Crippen molar-refractivity contribution < 1.29 is 13.2 Å². The second-order valence-corrected chi connectivity index (χ2v) is 2.37. The second-order valence-electron chi connectivity index (χ2n) is 2.37. The molecule has 0 spiro atoms. The molecule has 0 saturated carbocycles. The van der Waals surface area contributed by atoms with Crippen LogP contribution in [-0.2, 0) is 6.18 Å². The first kappa shape index (κ1) is 9.63. The van der Waals surface area contributed by atoms with Gasteiger partial charge in [0.2, 0.25) is 0 Å². The van der Waals surface area contributed by atoms with Gasteiger partial charge >= 0.3 is 6.18 Å². The molecule has 13 heavy (non-hydrogen) atoms. The van der Waals surface area contributed by atoms with E-state index in [0.717, 1.165) is 6.20 Å². The number of pyridine rings is 1. The number of nitrogens with zero attached hydrogens (tertiary/aromatic N) is 1. The Morgan fingerprint density at radius 1 is 1.46 bits per heavy atom. The van der Waals surface area contributed by atoms with Crippen molar-refractivity contribution in [3.8, 4) is 0 Å². The molecule has 0 saturated heterocycles. The third-order valence-electron chi connectivity index (χ3n) is 1.50. The molecule has 0 aliphatic heterocycles. The topological polar surface area (TPSA) is 50.9 Å². The zero-order valence-corrected chi connectivity index (χ0v) is 6.81. The summed E-state index contributed by atoms with van der Waals surface area (Å²) in [7, 11) is 1.36. The highest BCUT2D eigenvalue weighted by atomic mass is 19.4. The molecule has 3 nitrogen and oxygen atoms in total. The lowest BCUT2D eigenvalue weighted by atomic mass is 10.2. The van der Waals surface area contributed by atoms with Gasteiger partial charge in [0.1, 0.15) is 0 Å². The predicted molar refractivity (Wildman–Crippen MR) is 43.2 cm³/mol. The first-order valence-electron chi connectivity index (χ1n) is 3.46. The summed E-state index contributed by atoms with van der Waals surface area (Å²) in [6, 6.07) is 1.31. The van der Waals surface area contributed by atoms with Crippen molar-refractivity contribution in [2.45, 2.75) is 6.18 Å². The van der Waals surface area contributed by atoms with Crippen LogP contribution in [0.25, 0.3) is 0 Å². The molecule has 1 rings (SSSR count). The molecule has 0 unspecified atom stereocenters. The van der Waals surface area contributed by atoms with Crippen LogP contribution in [0.5, 0.6) is 0 Å². The van der Waals surface area contributed by atoms with Crippen LogP contribution < -0.4 is 11.1 Å². The first-order chi connectivity index (χ1) is 5.96. The Morgan fingerprint density at radius 2 is 2.08 bits per heavy atom. The lowest BCUT2D eigenvalue weighted by Gasteiger charge is -2.12. The van der Waals surface area contributed by atoms with Crippen LogP contribution >= 0.6 is 0 Å². The SMILES string of the molecule is CNc1c(N)ccnc1C(F)(F)F. The normalized spacial score (nSPS) is 11.4. The maximum Gasteiger partial charge on any atom is 0.435 e. The van der Waals surface area contributed by atoms with Crippen LogP contribution in [0, 0.1) is 0 Å². The van der Waals surface area contributed by atoms with E-state index in [0.29, 0.717) is 0 Å². The standard InChI is InChI=1S/C7H8F3N3/c1-12-5-4(11)2-3-13-6(5)7(8,9)10/h2-3,12H,1H3,(H2,11,13). The van der Waals surface area contributed by atoms with E-state index in [-0.39, 0.29) is 11.4 Å². The number of nitrogens with one attached hydrogen (secondary N) is 1. The quantitative estimate of drug-likeness (QED) is 0.710. The first-order valence-corrected chi connectivity index (χ1v) is 3.46. The smallest absolute Gasteiger partial charge is 0.397 e. The summed E-state index contributed by atoms with van der Waals surface area (Å²) in [6.07, 6.45) is -3.45. The average molecular weight is 191 g/mol. The van der Waals surface area contributed by atoms with Crippen LogP contribution in [0.15, 0.2) is 12.3 Å². The molecule has 0 aliphatic carbocycles. The van der Waals surface area contributed by atoms with Gasteiger partial charge in [-0.05, 0) is 6.07 Å². The molecule has 0 aromatic carbocycles. The summed E-state index contributed by atoms with van der Waals surface area (Å²) < 4.78 is 36.8. The predicted octanol–water partition coefficient (Wildman–Crippen LogP) is 1.72. The molecule has 0 bridgehead atoms. The van der Waals surface area contributed by atoms with Gasteiger partial charge in [-0.15, -0.1) is 0 Å². The Bertz CT molecular complexity index is 308. The Hall–Kier alpha value is -1.46. The van der Waals surface area contributed by atoms with Gasteiger partial charge < -0.3 is 11.1 Å². The minimum absolute atomic E-state index is 0.0322. The minimum Gasteiger partial charge on any atom is -0.397 e. The summed E-state index contributed by atoms with van der Waals surface area (Å²) >= 11 is 0. The molecule has 0 radical (unpaired) electrons. The lowest BCUT2D eigenvalue weighted by molar-refractivity contribution is -0.140. The summed E-state index contributed by atoms with van der Waals surface area (Å²) in [5, 5.41) is 2.36. The van der Waals surface area contributed by atoms with Gasteiger partial charge in [-0.2, -0.15) is 13.2 Å². The molecule has 1 aromatic rings. The summed E-state index contributed by atoms with van der Waals surface area (Å²) in [5.74, 6) is 0. The third-order valence-corrected chi connectivity index (χ3v) is 1.50. The van der Waals surface area contributed by atoms with Gasteiger partial charge in [-0.1, -0.05) is 0 Å². The zero-order chi connectivity index (χ0) is 10.1. The number of anilines is 2. The number of alkyl halides is 3. The van der Waals surface area contributed by atoms with Crippen molar-refractivity contribution in [3.05, 3.63) is 18.0 Å². The fourth-order valence-electron chi connectivity index (χ4n) is 0.954. The average Bonchev–Trinajstić information content (AvgIpc) is 2.02. The maximum atomic E-state index is 12.3. The van der Waals surface area contributed by atoms with E-state index in [1.807, 2.05) is 0 Å². The van der Waals surface area contributed by atoms with Crippen molar-refractivity contribution in [3.63, 3.8) is 0 Å². The zero-order valence-electron chi connectivity index (χ0n) is 6.81. The lowest BCUT2D eigenvalue weighted by Crippen LogP contribution is -2.12. The Balaban J connectivity index is 3.29. The largest absolute Gasteiger partial charge is 0.435 e. The summed E-state index contributed by atoms with van der Waals surface area (Å²) in [5.41, 5.74) is 4.18. The Kier molecular flexibility index (Phi) is 2.31. The number of halogens is 3. The van der Waals surface area contributed by atoms with E-state index in [9.17, 15) is 13.2 Å². The molecule has 3 N–H and O–H groups in total. The van der Waals surface area contributed by atoms with Gasteiger partial charge in [-0.25, -0.2) is 4.98 Å². The number of hydrogen-bond donors (Lipinski definition) is 2. The van der Waals surface area contributed by atoms with Crippen molar-refractivity contribution >= 4 is 11.4 Å². The van der Waals surface area contributed by atoms with E-state index in [1.54, 1.807) is 0 Å². The van der Waals surface area contributed by atoms with Gasteiger partial charge in [0.05, 0.1) is 11.4 Å². The molecule has 0 aliphatic rings. The summed E-state index contributed by atoms with van der Waals surface area (Å²) in [4.78, 5) is 3.21. The van der Waals surface area contributed by atoms with Crippen molar-refractivity contribution in [1.29, 1.82) is 0 Å². The molecular formula is C7H8F3N3. The van der Waals surface area contributed by atoms with Gasteiger partial charge in [0.25, 0.3) is 0 Å². The molecule has 6 heteroatoms. The van der Waals surface area contributed by atoms with E-state index in [1.165, 1.54) is 13.1 Å². The highest BCUT2D eigenvalue weighted by Crippen LogP contribution is 2.35. The number of rotatable bonds is 1. The molecule has 0 atom stereocenters. The Morgan fingerprint density at radius 3 is 2.46 bits per heavy atom. The van der Waals surface area contributed by atoms with E-state index >= 15 is 0 Å². The fraction of sp³-hybridized carbons (Fsp3) is 0.286. The van der Waals surface area contributed by atoms with Crippen molar-refractivity contribution in [2.24, 2.45) is 0 Å². The maximum absolute atomic E-state index is 12.3. The van der Waals surface area contributed by atoms with Gasteiger partial charge in [0.15, 0.2) is 5.69 Å². The monoisotopic (exact) mass is 191 g/mol. The molecular weight excluding hydrogens is 183 g/mol. The van der Waals surface area contributed by atoms with E-state index in [2.05, 4.69) is 10.3 Å². The van der Waals surface area contributed by atoms with Crippen molar-refractivity contribution in [1.82, 2.24) is 4.98 Å². The Labute approximate surface area is 72.8 Å². The third kappa shape index (κ3) is 1.82. The van der Waals surface area contributed by atoms with Crippen LogP contribution in [0.2, 0.25) is 0 Å². The van der Waals surface area contributed by atoms with E-state index < -0.39 is 11.9 Å². The van der Waals surface area contributed by atoms with Crippen LogP contribution in [0.3, 0.4) is 0 Å². The van der Waals surface area contributed by atoms with Crippen LogP contribution in [0.4, 0.5) is 24.5 Å². The minimum atomic E-state index is -4.48. The van der Waals surface area contributed by atoms with Gasteiger partial charge in [-0.3, -0.25) is 0 Å². The van der Waals surface area contributed by atoms with Crippen molar-refractivity contribution in [2.75, 3.05) is 18.1 Å². The number of nitrogen functional groups attached to an aromatic ring is 1. The van der Waals surface area contributed by atoms with Crippen LogP contribution in [0.1, 0.15) is 5.69 Å². The number of aromatic nitrogens is 1. The number of nitrogens with two attached hydrogens (primary N) is 1. The number of hydrogen-bond acceptors (Lipinski definition) is 3. The molecule has 0 fully saturated rings. The highest BCUT2D eigenvalue weighted by molar-refractivity contribution is 5.68. The molecule has 0 amide bonds. The van der Waals surface area contributed by atoms with Gasteiger partial charge in [0, 0.05) is 13.2 Å². The molecule has 1 aromatic heterocycles.